The van der Waals surface area contributed by atoms with Crippen LogP contribution in [0, 0.1) is 0 Å². The van der Waals surface area contributed by atoms with Crippen LogP contribution in [-0.4, -0.2) is 39.2 Å². The maximum Gasteiger partial charge on any atom is 0.405 e. The van der Waals surface area contributed by atoms with Gasteiger partial charge in [0, 0.05) is 51.7 Å². The van der Waals surface area contributed by atoms with Crippen LogP contribution in [0.2, 0.25) is 0 Å². The number of para-hydroxylation sites is 1. The van der Waals surface area contributed by atoms with Crippen molar-refractivity contribution in [1.29, 1.82) is 0 Å². The van der Waals surface area contributed by atoms with Gasteiger partial charge in [0.15, 0.2) is 0 Å². The Morgan fingerprint density at radius 3 is 2.62 bits per heavy atom. The molecule has 3 aromatic rings. The van der Waals surface area contributed by atoms with E-state index in [4.69, 9.17) is 0 Å². The zero-order chi connectivity index (χ0) is 22.6. The summed E-state index contributed by atoms with van der Waals surface area (Å²) in [5.74, 6) is -0.328. The number of carbonyl (C=O) groups excluding carboxylic acids is 1. The lowest BCUT2D eigenvalue weighted by Gasteiger charge is -2.38. The SMILES string of the molecule is C[C@@](Cc1c[nH]c2ccccc12)(NC(=O)O)C(=O)NCC1(c2ccccn2)CCCCC1.[HH].[HH].[HH]. The number of carbonyl (C=O) groups is 2. The van der Waals surface area contributed by atoms with Gasteiger partial charge in [0.25, 0.3) is 0 Å². The molecular formula is C25H36N4O3. The minimum Gasteiger partial charge on any atom is -0.465 e. The zero-order valence-electron chi connectivity index (χ0n) is 18.4. The van der Waals surface area contributed by atoms with E-state index in [2.05, 4.69) is 20.6 Å². The average molecular weight is 441 g/mol. The van der Waals surface area contributed by atoms with Gasteiger partial charge in [-0.05, 0) is 43.5 Å². The van der Waals surface area contributed by atoms with Crippen LogP contribution in [0.25, 0.3) is 10.9 Å². The molecule has 0 bridgehead atoms. The minimum absolute atomic E-state index is 0. The van der Waals surface area contributed by atoms with Crippen LogP contribution in [0.3, 0.4) is 0 Å². The summed E-state index contributed by atoms with van der Waals surface area (Å²) in [4.78, 5) is 32.8. The van der Waals surface area contributed by atoms with Crippen molar-refractivity contribution < 1.29 is 19.0 Å². The number of H-pyrrole nitrogens is 1. The summed E-state index contributed by atoms with van der Waals surface area (Å²) in [6, 6.07) is 13.7. The molecule has 2 aromatic heterocycles. The highest BCUT2D eigenvalue weighted by Gasteiger charge is 2.40. The molecule has 0 spiro atoms. The Morgan fingerprint density at radius 2 is 1.91 bits per heavy atom. The van der Waals surface area contributed by atoms with Gasteiger partial charge >= 0.3 is 6.09 Å². The summed E-state index contributed by atoms with van der Waals surface area (Å²) in [5, 5.41) is 16.0. The lowest BCUT2D eigenvalue weighted by atomic mass is 9.71. The topological polar surface area (TPSA) is 107 Å². The molecule has 4 N–H and O–H groups in total. The molecule has 1 aliphatic rings. The fraction of sp³-hybridized carbons (Fsp3) is 0.400. The Bertz CT molecular complexity index is 1100. The first-order chi connectivity index (χ1) is 15.4. The molecule has 0 saturated heterocycles. The summed E-state index contributed by atoms with van der Waals surface area (Å²) in [6.07, 6.45) is 7.92. The van der Waals surface area contributed by atoms with Crippen LogP contribution < -0.4 is 10.6 Å². The second kappa shape index (κ2) is 9.02. The van der Waals surface area contributed by atoms with Gasteiger partial charge in [-0.2, -0.15) is 0 Å². The summed E-state index contributed by atoms with van der Waals surface area (Å²) >= 11 is 0. The molecule has 1 aromatic carbocycles. The molecular weight excluding hydrogens is 404 g/mol. The molecule has 1 saturated carbocycles. The number of rotatable bonds is 7. The number of aromatic nitrogens is 2. The van der Waals surface area contributed by atoms with Crippen molar-refractivity contribution in [1.82, 2.24) is 20.6 Å². The van der Waals surface area contributed by atoms with E-state index < -0.39 is 11.6 Å². The monoisotopic (exact) mass is 440 g/mol. The highest BCUT2D eigenvalue weighted by atomic mass is 16.4. The maximum absolute atomic E-state index is 13.4. The molecule has 7 heteroatoms. The number of nitrogens with zero attached hydrogens (tertiary/aromatic N) is 1. The number of carboxylic acid groups (broad SMARTS) is 1. The number of benzene rings is 1. The van der Waals surface area contributed by atoms with Crippen LogP contribution in [0.5, 0.6) is 0 Å². The van der Waals surface area contributed by atoms with Crippen molar-refractivity contribution in [2.24, 2.45) is 0 Å². The number of nitrogens with one attached hydrogen (secondary N) is 3. The number of hydrogen-bond donors (Lipinski definition) is 4. The van der Waals surface area contributed by atoms with Gasteiger partial charge in [-0.25, -0.2) is 4.79 Å². The van der Waals surface area contributed by atoms with Crippen molar-refractivity contribution in [2.45, 2.75) is 56.4 Å². The Hall–Kier alpha value is -3.35. The fourth-order valence-electron chi connectivity index (χ4n) is 4.95. The summed E-state index contributed by atoms with van der Waals surface area (Å²) in [5.41, 5.74) is 1.31. The average Bonchev–Trinajstić information content (AvgIpc) is 3.20. The van der Waals surface area contributed by atoms with Crippen molar-refractivity contribution in [3.63, 3.8) is 0 Å². The predicted octanol–water partition coefficient (Wildman–Crippen LogP) is 4.89. The van der Waals surface area contributed by atoms with Gasteiger partial charge in [0.05, 0.1) is 0 Å². The third-order valence-electron chi connectivity index (χ3n) is 6.71. The van der Waals surface area contributed by atoms with Crippen LogP contribution >= 0.6 is 0 Å². The van der Waals surface area contributed by atoms with Crippen molar-refractivity contribution in [3.05, 3.63) is 66.1 Å². The van der Waals surface area contributed by atoms with Crippen molar-refractivity contribution >= 4 is 22.9 Å². The smallest absolute Gasteiger partial charge is 0.405 e. The zero-order valence-corrected chi connectivity index (χ0v) is 18.4. The van der Waals surface area contributed by atoms with Gasteiger partial charge in [0.1, 0.15) is 5.54 Å². The van der Waals surface area contributed by atoms with E-state index in [0.717, 1.165) is 47.8 Å². The van der Waals surface area contributed by atoms with E-state index in [1.807, 2.05) is 48.7 Å². The first-order valence-corrected chi connectivity index (χ1v) is 11.2. The van der Waals surface area contributed by atoms with Crippen LogP contribution in [-0.2, 0) is 16.6 Å². The molecule has 2 heterocycles. The molecule has 0 unspecified atom stereocenters. The molecule has 32 heavy (non-hydrogen) atoms. The summed E-state index contributed by atoms with van der Waals surface area (Å²) < 4.78 is 0. The number of pyridine rings is 1. The highest BCUT2D eigenvalue weighted by molar-refractivity contribution is 5.91. The molecule has 1 atom stereocenters. The molecule has 2 amide bonds. The van der Waals surface area contributed by atoms with Gasteiger partial charge in [-0.1, -0.05) is 43.5 Å². The third-order valence-corrected chi connectivity index (χ3v) is 6.71. The normalized spacial score (nSPS) is 17.4. The van der Waals surface area contributed by atoms with E-state index in [0.29, 0.717) is 6.54 Å². The van der Waals surface area contributed by atoms with E-state index in [1.54, 1.807) is 13.1 Å². The molecule has 1 fully saturated rings. The predicted molar refractivity (Wildman–Crippen MR) is 130 cm³/mol. The largest absolute Gasteiger partial charge is 0.465 e. The molecule has 174 valence electrons. The van der Waals surface area contributed by atoms with Gasteiger partial charge in [-0.3, -0.25) is 9.78 Å². The number of fused-ring (bicyclic) bond motifs is 1. The van der Waals surface area contributed by atoms with Gasteiger partial charge in [-0.15, -0.1) is 0 Å². The highest BCUT2D eigenvalue weighted by Crippen LogP contribution is 2.38. The second-order valence-electron chi connectivity index (χ2n) is 9.04. The van der Waals surface area contributed by atoms with Crippen LogP contribution in [0.15, 0.2) is 54.9 Å². The Labute approximate surface area is 192 Å². The summed E-state index contributed by atoms with van der Waals surface area (Å²) in [7, 11) is 0. The Balaban J connectivity index is 0.00000204. The van der Waals surface area contributed by atoms with Crippen molar-refractivity contribution in [2.75, 3.05) is 6.54 Å². The first-order valence-electron chi connectivity index (χ1n) is 11.2. The maximum atomic E-state index is 13.4. The molecule has 0 aliphatic heterocycles. The third kappa shape index (κ3) is 4.47. The first kappa shape index (κ1) is 21.9. The number of hydrogen-bond acceptors (Lipinski definition) is 3. The lowest BCUT2D eigenvalue weighted by Crippen LogP contribution is -2.59. The number of amides is 2. The Morgan fingerprint density at radius 1 is 1.16 bits per heavy atom. The fourth-order valence-corrected chi connectivity index (χ4v) is 4.95. The van der Waals surface area contributed by atoms with E-state index in [9.17, 15) is 14.7 Å². The van der Waals surface area contributed by atoms with Gasteiger partial charge < -0.3 is 20.7 Å². The van der Waals surface area contributed by atoms with E-state index >= 15 is 0 Å². The molecule has 0 radical (unpaired) electrons. The molecule has 7 nitrogen and oxygen atoms in total. The van der Waals surface area contributed by atoms with Crippen LogP contribution in [0.4, 0.5) is 4.79 Å². The van der Waals surface area contributed by atoms with Crippen LogP contribution in [0.1, 0.15) is 54.6 Å². The van der Waals surface area contributed by atoms with Crippen molar-refractivity contribution in [3.8, 4) is 0 Å². The standard InChI is InChI=1S/C25H30N4O3.3H2/c1-24(29-23(31)32,15-18-16-27-20-10-4-3-9-19(18)20)22(30)28-17-25(12-6-2-7-13-25)21-11-5-8-14-26-21;;;/h3-5,8-11,14,16,27,29H,2,6-7,12-13,15,17H2,1H3,(H,28,30)(H,31,32);3*1H/t24-;;;/m0.../s1. The Kier molecular flexibility index (Phi) is 6.17. The quantitative estimate of drug-likeness (QED) is 0.420. The summed E-state index contributed by atoms with van der Waals surface area (Å²) in [6.45, 7) is 2.08. The number of aromatic amines is 1. The molecule has 1 aliphatic carbocycles. The van der Waals surface area contributed by atoms with Gasteiger partial charge in [0.2, 0.25) is 5.91 Å². The van der Waals surface area contributed by atoms with E-state index in [1.165, 1.54) is 6.42 Å². The molecule has 4 rings (SSSR count). The van der Waals surface area contributed by atoms with E-state index in [-0.39, 0.29) is 22.0 Å². The second-order valence-corrected chi connectivity index (χ2v) is 9.04. The lowest BCUT2D eigenvalue weighted by molar-refractivity contribution is -0.127. The minimum atomic E-state index is -1.31.